The number of hydrogen-bond acceptors (Lipinski definition) is 5. The Hall–Kier alpha value is -1.10. The first-order chi connectivity index (χ1) is 10.1. The Morgan fingerprint density at radius 1 is 1.24 bits per heavy atom. The summed E-state index contributed by atoms with van der Waals surface area (Å²) in [5.41, 5.74) is 0.420. The third-order valence-corrected chi connectivity index (χ3v) is 4.29. The van der Waals surface area contributed by atoms with Gasteiger partial charge in [-0.2, -0.15) is 0 Å². The van der Waals surface area contributed by atoms with Crippen molar-refractivity contribution in [3.05, 3.63) is 5.89 Å². The van der Waals surface area contributed by atoms with Crippen molar-refractivity contribution in [3.8, 4) is 0 Å². The molecule has 1 aromatic heterocycles. The van der Waals surface area contributed by atoms with Crippen LogP contribution in [0.1, 0.15) is 65.2 Å². The third kappa shape index (κ3) is 4.99. The maximum absolute atomic E-state index is 5.64. The van der Waals surface area contributed by atoms with Crippen LogP contribution in [0.25, 0.3) is 0 Å². The fourth-order valence-electron chi connectivity index (χ4n) is 3.48. The maximum atomic E-state index is 5.64. The predicted octanol–water partition coefficient (Wildman–Crippen LogP) is 3.59. The van der Waals surface area contributed by atoms with Crippen molar-refractivity contribution < 1.29 is 4.42 Å². The van der Waals surface area contributed by atoms with Crippen LogP contribution in [0.3, 0.4) is 0 Å². The standard InChI is InChI=1S/C16H30N4O/c1-4-9-17-11-14-19-20-15(21-14)18-12-16(10-13(2)3)7-5-6-8-16/h13,17H,4-12H2,1-3H3,(H,18,20). The van der Waals surface area contributed by atoms with Crippen molar-refractivity contribution in [3.63, 3.8) is 0 Å². The lowest BCUT2D eigenvalue weighted by Gasteiger charge is -2.30. The van der Waals surface area contributed by atoms with Gasteiger partial charge in [0.1, 0.15) is 0 Å². The summed E-state index contributed by atoms with van der Waals surface area (Å²) in [7, 11) is 0. The van der Waals surface area contributed by atoms with Gasteiger partial charge >= 0.3 is 6.01 Å². The van der Waals surface area contributed by atoms with Crippen molar-refractivity contribution in [2.24, 2.45) is 11.3 Å². The molecule has 0 amide bonds. The second kappa shape index (κ2) is 7.78. The molecule has 21 heavy (non-hydrogen) atoms. The van der Waals surface area contributed by atoms with E-state index in [1.165, 1.54) is 32.1 Å². The lowest BCUT2D eigenvalue weighted by Crippen LogP contribution is -2.28. The van der Waals surface area contributed by atoms with Crippen LogP contribution in [0, 0.1) is 11.3 Å². The number of nitrogens with zero attached hydrogens (tertiary/aromatic N) is 2. The van der Waals surface area contributed by atoms with Gasteiger partial charge in [-0.05, 0) is 43.6 Å². The molecule has 0 atom stereocenters. The molecule has 1 aliphatic carbocycles. The summed E-state index contributed by atoms with van der Waals surface area (Å²) in [5.74, 6) is 1.40. The highest BCUT2D eigenvalue weighted by Crippen LogP contribution is 2.43. The van der Waals surface area contributed by atoms with Crippen molar-refractivity contribution >= 4 is 6.01 Å². The lowest BCUT2D eigenvalue weighted by atomic mass is 9.78. The van der Waals surface area contributed by atoms with E-state index in [0.29, 0.717) is 23.9 Å². The van der Waals surface area contributed by atoms with Gasteiger partial charge in [0.25, 0.3) is 0 Å². The number of hydrogen-bond donors (Lipinski definition) is 2. The molecule has 2 N–H and O–H groups in total. The summed E-state index contributed by atoms with van der Waals surface area (Å²) in [6.07, 6.45) is 7.72. The molecule has 5 heteroatoms. The summed E-state index contributed by atoms with van der Waals surface area (Å²) in [6, 6.07) is 0.568. The van der Waals surface area contributed by atoms with Gasteiger partial charge in [-0.1, -0.05) is 38.7 Å². The highest BCUT2D eigenvalue weighted by atomic mass is 16.4. The van der Waals surface area contributed by atoms with E-state index >= 15 is 0 Å². The number of nitrogens with one attached hydrogen (secondary N) is 2. The largest absolute Gasteiger partial charge is 0.407 e. The van der Waals surface area contributed by atoms with Crippen LogP contribution in [0.5, 0.6) is 0 Å². The van der Waals surface area contributed by atoms with Crippen molar-refractivity contribution in [1.29, 1.82) is 0 Å². The minimum atomic E-state index is 0.420. The Morgan fingerprint density at radius 2 is 2.00 bits per heavy atom. The van der Waals surface area contributed by atoms with Gasteiger partial charge < -0.3 is 15.1 Å². The maximum Gasteiger partial charge on any atom is 0.315 e. The smallest absolute Gasteiger partial charge is 0.315 e. The Morgan fingerprint density at radius 3 is 2.67 bits per heavy atom. The molecule has 0 unspecified atom stereocenters. The first-order valence-corrected chi connectivity index (χ1v) is 8.40. The minimum absolute atomic E-state index is 0.420. The molecule has 2 rings (SSSR count). The molecular formula is C16H30N4O. The van der Waals surface area contributed by atoms with Crippen LogP contribution < -0.4 is 10.6 Å². The van der Waals surface area contributed by atoms with Gasteiger partial charge in [-0.3, -0.25) is 0 Å². The molecule has 1 aliphatic rings. The van der Waals surface area contributed by atoms with E-state index in [1.807, 2.05) is 0 Å². The summed E-state index contributed by atoms with van der Waals surface area (Å²) in [4.78, 5) is 0. The van der Waals surface area contributed by atoms with Crippen LogP contribution in [0.2, 0.25) is 0 Å². The van der Waals surface area contributed by atoms with Crippen molar-refractivity contribution in [2.45, 2.75) is 65.8 Å². The van der Waals surface area contributed by atoms with Gasteiger partial charge in [-0.25, -0.2) is 0 Å². The average molecular weight is 294 g/mol. The van der Waals surface area contributed by atoms with Gasteiger partial charge in [0.2, 0.25) is 5.89 Å². The van der Waals surface area contributed by atoms with E-state index < -0.39 is 0 Å². The zero-order valence-corrected chi connectivity index (χ0v) is 13.7. The van der Waals surface area contributed by atoms with E-state index in [1.54, 1.807) is 0 Å². The molecule has 1 aromatic rings. The Labute approximate surface area is 128 Å². The van der Waals surface area contributed by atoms with E-state index in [2.05, 4.69) is 41.6 Å². The van der Waals surface area contributed by atoms with Crippen LogP contribution in [-0.4, -0.2) is 23.3 Å². The molecule has 0 spiro atoms. The molecule has 0 bridgehead atoms. The normalized spacial score (nSPS) is 17.5. The van der Waals surface area contributed by atoms with Gasteiger partial charge in [0.15, 0.2) is 0 Å². The van der Waals surface area contributed by atoms with Crippen LogP contribution in [0.15, 0.2) is 4.42 Å². The van der Waals surface area contributed by atoms with Crippen molar-refractivity contribution in [1.82, 2.24) is 15.5 Å². The molecule has 0 saturated heterocycles. The molecule has 1 fully saturated rings. The quantitative estimate of drug-likeness (QED) is 0.681. The molecule has 0 aromatic carbocycles. The highest BCUT2D eigenvalue weighted by molar-refractivity contribution is 5.18. The molecule has 5 nitrogen and oxygen atoms in total. The molecule has 1 saturated carbocycles. The van der Waals surface area contributed by atoms with Crippen LogP contribution in [-0.2, 0) is 6.54 Å². The first kappa shape index (κ1) is 16.3. The average Bonchev–Trinajstić information content (AvgIpc) is 3.06. The minimum Gasteiger partial charge on any atom is -0.407 e. The molecule has 0 radical (unpaired) electrons. The SMILES string of the molecule is CCCNCc1nnc(NCC2(CC(C)C)CCCC2)o1. The van der Waals surface area contributed by atoms with Gasteiger partial charge in [0.05, 0.1) is 6.54 Å². The van der Waals surface area contributed by atoms with E-state index in [4.69, 9.17) is 4.42 Å². The molecule has 0 aliphatic heterocycles. The summed E-state index contributed by atoms with van der Waals surface area (Å²) < 4.78 is 5.64. The Kier molecular flexibility index (Phi) is 6.03. The second-order valence-electron chi connectivity index (χ2n) is 6.84. The lowest BCUT2D eigenvalue weighted by molar-refractivity contribution is 0.250. The summed E-state index contributed by atoms with van der Waals surface area (Å²) >= 11 is 0. The number of aromatic nitrogens is 2. The zero-order valence-electron chi connectivity index (χ0n) is 13.7. The second-order valence-corrected chi connectivity index (χ2v) is 6.84. The van der Waals surface area contributed by atoms with Gasteiger partial charge in [-0.15, -0.1) is 5.10 Å². The summed E-state index contributed by atoms with van der Waals surface area (Å²) in [6.45, 7) is 9.34. The topological polar surface area (TPSA) is 63.0 Å². The van der Waals surface area contributed by atoms with Crippen LogP contribution in [0.4, 0.5) is 6.01 Å². The number of anilines is 1. The first-order valence-electron chi connectivity index (χ1n) is 8.40. The fraction of sp³-hybridized carbons (Fsp3) is 0.875. The zero-order chi connectivity index (χ0) is 15.1. The Bertz CT molecular complexity index is 410. The summed E-state index contributed by atoms with van der Waals surface area (Å²) in [5, 5.41) is 14.8. The predicted molar refractivity (Wildman–Crippen MR) is 85.1 cm³/mol. The monoisotopic (exact) mass is 294 g/mol. The van der Waals surface area contributed by atoms with Gasteiger partial charge in [0, 0.05) is 6.54 Å². The Balaban J connectivity index is 1.83. The van der Waals surface area contributed by atoms with E-state index in [-0.39, 0.29) is 0 Å². The molecule has 120 valence electrons. The van der Waals surface area contributed by atoms with E-state index in [9.17, 15) is 0 Å². The highest BCUT2D eigenvalue weighted by Gasteiger charge is 2.34. The third-order valence-electron chi connectivity index (χ3n) is 4.29. The van der Waals surface area contributed by atoms with Crippen molar-refractivity contribution in [2.75, 3.05) is 18.4 Å². The molecule has 1 heterocycles. The van der Waals surface area contributed by atoms with Crippen LogP contribution >= 0.6 is 0 Å². The van der Waals surface area contributed by atoms with E-state index in [0.717, 1.165) is 25.4 Å². The number of rotatable bonds is 9. The molecular weight excluding hydrogens is 264 g/mol. The fourth-order valence-corrected chi connectivity index (χ4v) is 3.48.